The molecule has 0 amide bonds. The number of H-pyrrole nitrogens is 1. The fraction of sp³-hybridized carbons (Fsp3) is 0.500. The van der Waals surface area contributed by atoms with E-state index in [2.05, 4.69) is 10.3 Å². The fourth-order valence-corrected chi connectivity index (χ4v) is 1.56. The van der Waals surface area contributed by atoms with Crippen molar-refractivity contribution in [2.24, 2.45) is 0 Å². The SMILES string of the molecule is O[C@@H]1CNC[C@H]1c1ccc[nH]1. The highest BCUT2D eigenvalue weighted by atomic mass is 16.3. The number of rotatable bonds is 1. The number of aliphatic hydroxyl groups excluding tert-OH is 1. The Hall–Kier alpha value is -0.800. The molecular formula is C8H12N2O. The zero-order chi connectivity index (χ0) is 7.68. The Balaban J connectivity index is 2.16. The van der Waals surface area contributed by atoms with Gasteiger partial charge in [-0.25, -0.2) is 0 Å². The van der Waals surface area contributed by atoms with Crippen molar-refractivity contribution < 1.29 is 5.11 Å². The minimum atomic E-state index is -0.228. The lowest BCUT2D eigenvalue weighted by Gasteiger charge is -2.10. The summed E-state index contributed by atoms with van der Waals surface area (Å²) < 4.78 is 0. The molecule has 1 aromatic heterocycles. The Bertz CT molecular complexity index is 220. The van der Waals surface area contributed by atoms with Crippen LogP contribution >= 0.6 is 0 Å². The van der Waals surface area contributed by atoms with E-state index in [-0.39, 0.29) is 12.0 Å². The number of hydrogen-bond acceptors (Lipinski definition) is 2. The molecule has 1 saturated heterocycles. The standard InChI is InChI=1S/C8H12N2O/c11-8-5-9-4-6(8)7-2-1-3-10-7/h1-3,6,8-11H,4-5H2/t6-,8+/m0/s1. The van der Waals surface area contributed by atoms with Crippen molar-refractivity contribution in [1.82, 2.24) is 10.3 Å². The van der Waals surface area contributed by atoms with Gasteiger partial charge >= 0.3 is 0 Å². The van der Waals surface area contributed by atoms with Crippen LogP contribution in [0.15, 0.2) is 18.3 Å². The number of hydrogen-bond donors (Lipinski definition) is 3. The van der Waals surface area contributed by atoms with E-state index >= 15 is 0 Å². The Kier molecular flexibility index (Phi) is 1.68. The van der Waals surface area contributed by atoms with E-state index in [1.165, 1.54) is 0 Å². The van der Waals surface area contributed by atoms with E-state index in [4.69, 9.17) is 0 Å². The quantitative estimate of drug-likeness (QED) is 0.533. The molecule has 3 heteroatoms. The third kappa shape index (κ3) is 1.17. The van der Waals surface area contributed by atoms with Crippen LogP contribution in [0.3, 0.4) is 0 Å². The lowest BCUT2D eigenvalue weighted by atomic mass is 10.0. The predicted octanol–water partition coefficient (Wildman–Crippen LogP) is 0.0624. The maximum absolute atomic E-state index is 9.48. The van der Waals surface area contributed by atoms with Gasteiger partial charge < -0.3 is 15.4 Å². The van der Waals surface area contributed by atoms with Crippen molar-refractivity contribution in [1.29, 1.82) is 0 Å². The molecule has 60 valence electrons. The maximum Gasteiger partial charge on any atom is 0.0759 e. The van der Waals surface area contributed by atoms with Crippen LogP contribution in [0, 0.1) is 0 Å². The molecule has 2 heterocycles. The van der Waals surface area contributed by atoms with Gasteiger partial charge in [-0.15, -0.1) is 0 Å². The van der Waals surface area contributed by atoms with E-state index in [0.29, 0.717) is 6.54 Å². The second kappa shape index (κ2) is 2.68. The first-order valence-electron chi connectivity index (χ1n) is 3.90. The molecule has 2 atom stereocenters. The summed E-state index contributed by atoms with van der Waals surface area (Å²) in [5, 5.41) is 12.6. The number of β-amino-alcohol motifs (C(OH)–C–C–N with tert-alkyl or cyclic N) is 1. The van der Waals surface area contributed by atoms with E-state index in [1.54, 1.807) is 0 Å². The molecule has 11 heavy (non-hydrogen) atoms. The largest absolute Gasteiger partial charge is 0.391 e. The molecule has 3 nitrogen and oxygen atoms in total. The zero-order valence-corrected chi connectivity index (χ0v) is 6.25. The Morgan fingerprint density at radius 3 is 2.91 bits per heavy atom. The summed E-state index contributed by atoms with van der Waals surface area (Å²) in [5.74, 6) is 0.255. The molecule has 1 aliphatic heterocycles. The van der Waals surface area contributed by atoms with Crippen molar-refractivity contribution in [2.75, 3.05) is 13.1 Å². The summed E-state index contributed by atoms with van der Waals surface area (Å²) in [4.78, 5) is 3.11. The van der Waals surface area contributed by atoms with Crippen molar-refractivity contribution in [3.63, 3.8) is 0 Å². The van der Waals surface area contributed by atoms with Crippen LogP contribution in [0.5, 0.6) is 0 Å². The summed E-state index contributed by atoms with van der Waals surface area (Å²) in [5.41, 5.74) is 1.13. The first-order chi connectivity index (χ1) is 5.38. The molecule has 0 spiro atoms. The smallest absolute Gasteiger partial charge is 0.0759 e. The second-order valence-corrected chi connectivity index (χ2v) is 2.96. The lowest BCUT2D eigenvalue weighted by molar-refractivity contribution is 0.176. The zero-order valence-electron chi connectivity index (χ0n) is 6.25. The fourth-order valence-electron chi connectivity index (χ4n) is 1.56. The third-order valence-corrected chi connectivity index (χ3v) is 2.20. The molecular weight excluding hydrogens is 140 g/mol. The minimum absolute atomic E-state index is 0.228. The maximum atomic E-state index is 9.48. The van der Waals surface area contributed by atoms with Crippen molar-refractivity contribution in [2.45, 2.75) is 12.0 Å². The van der Waals surface area contributed by atoms with Crippen molar-refractivity contribution in [3.8, 4) is 0 Å². The van der Waals surface area contributed by atoms with Gasteiger partial charge in [0, 0.05) is 30.9 Å². The first kappa shape index (κ1) is 6.88. The van der Waals surface area contributed by atoms with E-state index in [1.807, 2.05) is 18.3 Å². The van der Waals surface area contributed by atoms with Gasteiger partial charge in [0.15, 0.2) is 0 Å². The number of nitrogens with one attached hydrogen (secondary N) is 2. The average molecular weight is 152 g/mol. The van der Waals surface area contributed by atoms with Crippen LogP contribution in [-0.4, -0.2) is 29.3 Å². The normalized spacial score (nSPS) is 31.0. The molecule has 0 aliphatic carbocycles. The highest BCUT2D eigenvalue weighted by Gasteiger charge is 2.26. The summed E-state index contributed by atoms with van der Waals surface area (Å²) in [7, 11) is 0. The van der Waals surface area contributed by atoms with Gasteiger partial charge in [-0.05, 0) is 12.1 Å². The molecule has 0 saturated carbocycles. The van der Waals surface area contributed by atoms with Gasteiger partial charge in [0.25, 0.3) is 0 Å². The molecule has 1 fully saturated rings. The summed E-state index contributed by atoms with van der Waals surface area (Å²) in [6.45, 7) is 1.59. The molecule has 0 radical (unpaired) electrons. The molecule has 0 aromatic carbocycles. The van der Waals surface area contributed by atoms with E-state index < -0.39 is 0 Å². The van der Waals surface area contributed by atoms with Crippen molar-refractivity contribution in [3.05, 3.63) is 24.0 Å². The topological polar surface area (TPSA) is 48.0 Å². The monoisotopic (exact) mass is 152 g/mol. The van der Waals surface area contributed by atoms with Gasteiger partial charge in [-0.3, -0.25) is 0 Å². The minimum Gasteiger partial charge on any atom is -0.391 e. The van der Waals surface area contributed by atoms with E-state index in [0.717, 1.165) is 12.2 Å². The number of aromatic amines is 1. The van der Waals surface area contributed by atoms with Crippen molar-refractivity contribution >= 4 is 0 Å². The van der Waals surface area contributed by atoms with E-state index in [9.17, 15) is 5.11 Å². The van der Waals surface area contributed by atoms with Gasteiger partial charge in [0.1, 0.15) is 0 Å². The second-order valence-electron chi connectivity index (χ2n) is 2.96. The lowest BCUT2D eigenvalue weighted by Crippen LogP contribution is -2.16. The molecule has 2 rings (SSSR count). The van der Waals surface area contributed by atoms with Gasteiger partial charge in [0.05, 0.1) is 6.10 Å². The summed E-state index contributed by atoms with van der Waals surface area (Å²) >= 11 is 0. The first-order valence-corrected chi connectivity index (χ1v) is 3.90. The molecule has 3 N–H and O–H groups in total. The summed E-state index contributed by atoms with van der Waals surface area (Å²) in [6, 6.07) is 3.97. The molecule has 1 aromatic rings. The Morgan fingerprint density at radius 2 is 2.36 bits per heavy atom. The van der Waals surface area contributed by atoms with Gasteiger partial charge in [-0.2, -0.15) is 0 Å². The number of aromatic nitrogens is 1. The van der Waals surface area contributed by atoms with Gasteiger partial charge in [0.2, 0.25) is 0 Å². The molecule has 1 aliphatic rings. The van der Waals surface area contributed by atoms with Crippen LogP contribution < -0.4 is 5.32 Å². The summed E-state index contributed by atoms with van der Waals surface area (Å²) in [6.07, 6.45) is 1.66. The van der Waals surface area contributed by atoms with Crippen LogP contribution in [0.25, 0.3) is 0 Å². The molecule has 0 bridgehead atoms. The predicted molar refractivity (Wildman–Crippen MR) is 42.4 cm³/mol. The van der Waals surface area contributed by atoms with Gasteiger partial charge in [-0.1, -0.05) is 0 Å². The molecule has 0 unspecified atom stereocenters. The number of aliphatic hydroxyl groups is 1. The Morgan fingerprint density at radius 1 is 1.45 bits per heavy atom. The van der Waals surface area contributed by atoms with Crippen LogP contribution in [0.1, 0.15) is 11.6 Å². The average Bonchev–Trinajstić information content (AvgIpc) is 2.55. The van der Waals surface area contributed by atoms with Crippen LogP contribution in [-0.2, 0) is 0 Å². The highest BCUT2D eigenvalue weighted by molar-refractivity contribution is 5.14. The third-order valence-electron chi connectivity index (χ3n) is 2.20. The Labute approximate surface area is 65.4 Å². The highest BCUT2D eigenvalue weighted by Crippen LogP contribution is 2.20. The van der Waals surface area contributed by atoms with Crippen LogP contribution in [0.2, 0.25) is 0 Å². The van der Waals surface area contributed by atoms with Crippen LogP contribution in [0.4, 0.5) is 0 Å².